The first-order chi connectivity index (χ1) is 11.7. The fourth-order valence-corrected chi connectivity index (χ4v) is 6.91. The summed E-state index contributed by atoms with van der Waals surface area (Å²) in [5.41, 5.74) is 0.366. The Kier molecular flexibility index (Phi) is 3.50. The lowest BCUT2D eigenvalue weighted by Crippen LogP contribution is -2.49. The average molecular weight is 327 g/mol. The Balaban J connectivity index is 1.28. The zero-order chi connectivity index (χ0) is 16.1. The van der Waals surface area contributed by atoms with Gasteiger partial charge in [0.25, 0.3) is 0 Å². The summed E-state index contributed by atoms with van der Waals surface area (Å²) in [6.07, 6.45) is 15.3. The number of rotatable bonds is 4. The fraction of sp³-hybridized carbons (Fsp3) is 0.800. The first-order valence-electron chi connectivity index (χ1n) is 9.96. The smallest absolute Gasteiger partial charge is 0.223 e. The molecule has 6 rings (SSSR count). The fourth-order valence-electron chi connectivity index (χ4n) is 6.91. The summed E-state index contributed by atoms with van der Waals surface area (Å²) < 4.78 is 1.99. The van der Waals surface area contributed by atoms with E-state index in [0.717, 1.165) is 50.1 Å². The minimum absolute atomic E-state index is 0.353. The third-order valence-corrected chi connectivity index (χ3v) is 7.35. The summed E-state index contributed by atoms with van der Waals surface area (Å²) in [5, 5.41) is 4.33. The van der Waals surface area contributed by atoms with E-state index in [4.69, 9.17) is 0 Å². The Morgan fingerprint density at radius 1 is 1.12 bits per heavy atom. The van der Waals surface area contributed by atoms with Crippen molar-refractivity contribution in [1.29, 1.82) is 0 Å². The van der Waals surface area contributed by atoms with Crippen LogP contribution in [0.1, 0.15) is 57.8 Å². The van der Waals surface area contributed by atoms with Gasteiger partial charge < -0.3 is 4.90 Å². The molecule has 4 heteroatoms. The van der Waals surface area contributed by atoms with E-state index in [2.05, 4.69) is 10.00 Å². The molecule has 130 valence electrons. The molecule has 1 aromatic rings. The van der Waals surface area contributed by atoms with Gasteiger partial charge in [-0.3, -0.25) is 9.48 Å². The van der Waals surface area contributed by atoms with Crippen molar-refractivity contribution in [2.45, 2.75) is 70.4 Å². The van der Waals surface area contributed by atoms with Crippen LogP contribution in [-0.2, 0) is 11.3 Å². The van der Waals surface area contributed by atoms with Crippen molar-refractivity contribution < 1.29 is 4.79 Å². The molecule has 4 aliphatic carbocycles. The van der Waals surface area contributed by atoms with Crippen molar-refractivity contribution in [2.24, 2.45) is 23.2 Å². The van der Waals surface area contributed by atoms with Crippen molar-refractivity contribution in [3.63, 3.8) is 0 Å². The molecule has 1 atom stereocenters. The van der Waals surface area contributed by atoms with Crippen LogP contribution in [0, 0.1) is 23.2 Å². The highest BCUT2D eigenvalue weighted by Gasteiger charge is 2.52. The van der Waals surface area contributed by atoms with Crippen molar-refractivity contribution in [3.8, 4) is 0 Å². The topological polar surface area (TPSA) is 38.1 Å². The predicted molar refractivity (Wildman–Crippen MR) is 92.2 cm³/mol. The Hall–Kier alpha value is -1.32. The normalized spacial score (nSPS) is 40.4. The largest absolute Gasteiger partial charge is 0.338 e. The van der Waals surface area contributed by atoms with Gasteiger partial charge in [0.1, 0.15) is 0 Å². The minimum atomic E-state index is 0.353. The van der Waals surface area contributed by atoms with Crippen LogP contribution in [-0.4, -0.2) is 33.2 Å². The van der Waals surface area contributed by atoms with Crippen molar-refractivity contribution in [3.05, 3.63) is 18.5 Å². The Morgan fingerprint density at radius 3 is 2.46 bits per heavy atom. The van der Waals surface area contributed by atoms with E-state index in [-0.39, 0.29) is 0 Å². The molecule has 4 nitrogen and oxygen atoms in total. The molecule has 4 saturated carbocycles. The van der Waals surface area contributed by atoms with E-state index in [1.807, 2.05) is 23.1 Å². The van der Waals surface area contributed by atoms with Gasteiger partial charge in [0.15, 0.2) is 0 Å². The van der Waals surface area contributed by atoms with Gasteiger partial charge >= 0.3 is 0 Å². The molecule has 5 fully saturated rings. The zero-order valence-corrected chi connectivity index (χ0v) is 14.6. The van der Waals surface area contributed by atoms with Crippen LogP contribution < -0.4 is 0 Å². The van der Waals surface area contributed by atoms with E-state index in [1.54, 1.807) is 0 Å². The molecule has 5 aliphatic rings. The molecule has 0 aromatic carbocycles. The SMILES string of the molecule is O=C(CC12CC3CC(CC(C3)C1)C2)N1CCC[C@H]1Cn1cccn1. The quantitative estimate of drug-likeness (QED) is 0.849. The molecule has 0 radical (unpaired) electrons. The number of hydrogen-bond donors (Lipinski definition) is 0. The third kappa shape index (κ3) is 2.58. The third-order valence-electron chi connectivity index (χ3n) is 7.35. The number of hydrogen-bond acceptors (Lipinski definition) is 2. The van der Waals surface area contributed by atoms with Gasteiger partial charge in [-0.2, -0.15) is 5.10 Å². The van der Waals surface area contributed by atoms with Gasteiger partial charge in [0, 0.05) is 25.4 Å². The zero-order valence-electron chi connectivity index (χ0n) is 14.6. The maximum atomic E-state index is 13.2. The van der Waals surface area contributed by atoms with E-state index < -0.39 is 0 Å². The summed E-state index contributed by atoms with van der Waals surface area (Å²) in [7, 11) is 0. The standard InChI is InChI=1S/C20H29N3O/c24-19(23-6-1-3-18(23)14-22-5-2-4-21-22)13-20-10-15-7-16(11-20)9-17(8-15)12-20/h2,4-5,15-18H,1,3,6-14H2/t15?,16?,17?,18-,20?/m0/s1. The van der Waals surface area contributed by atoms with E-state index >= 15 is 0 Å². The van der Waals surface area contributed by atoms with Crippen molar-refractivity contribution in [2.75, 3.05) is 6.54 Å². The second kappa shape index (κ2) is 5.60. The first kappa shape index (κ1) is 15.0. The van der Waals surface area contributed by atoms with E-state index in [9.17, 15) is 4.79 Å². The second-order valence-corrected chi connectivity index (χ2v) is 9.21. The van der Waals surface area contributed by atoms with E-state index in [1.165, 1.54) is 38.5 Å². The van der Waals surface area contributed by atoms with Gasteiger partial charge in [0.2, 0.25) is 5.91 Å². The number of nitrogens with zero attached hydrogens (tertiary/aromatic N) is 3. The lowest BCUT2D eigenvalue weighted by molar-refractivity contribution is -0.140. The summed E-state index contributed by atoms with van der Waals surface area (Å²) in [6, 6.07) is 2.32. The highest BCUT2D eigenvalue weighted by atomic mass is 16.2. The van der Waals surface area contributed by atoms with Crippen molar-refractivity contribution in [1.82, 2.24) is 14.7 Å². The lowest BCUT2D eigenvalue weighted by Gasteiger charge is -2.57. The summed E-state index contributed by atoms with van der Waals surface area (Å²) >= 11 is 0. The summed E-state index contributed by atoms with van der Waals surface area (Å²) in [6.45, 7) is 1.82. The molecule has 0 spiro atoms. The van der Waals surface area contributed by atoms with Gasteiger partial charge in [0.05, 0.1) is 12.6 Å². The molecule has 4 bridgehead atoms. The molecule has 0 N–H and O–H groups in total. The highest BCUT2D eigenvalue weighted by molar-refractivity contribution is 5.77. The summed E-state index contributed by atoms with van der Waals surface area (Å²) in [5.74, 6) is 3.24. The molecule has 2 heterocycles. The number of amides is 1. The van der Waals surface area contributed by atoms with Crippen LogP contribution in [0.2, 0.25) is 0 Å². The number of likely N-dealkylation sites (tertiary alicyclic amines) is 1. The Morgan fingerprint density at radius 2 is 1.83 bits per heavy atom. The van der Waals surface area contributed by atoms with Crippen LogP contribution in [0.15, 0.2) is 18.5 Å². The Bertz CT molecular complexity index is 573. The number of carbonyl (C=O) groups is 1. The maximum absolute atomic E-state index is 13.2. The van der Waals surface area contributed by atoms with Crippen LogP contribution in [0.5, 0.6) is 0 Å². The van der Waals surface area contributed by atoms with Gasteiger partial charge in [-0.05, 0) is 80.6 Å². The number of carbonyl (C=O) groups excluding carboxylic acids is 1. The van der Waals surface area contributed by atoms with Crippen molar-refractivity contribution >= 4 is 5.91 Å². The molecule has 1 aliphatic heterocycles. The molecular formula is C20H29N3O. The molecule has 0 unspecified atom stereocenters. The monoisotopic (exact) mass is 327 g/mol. The molecular weight excluding hydrogens is 298 g/mol. The van der Waals surface area contributed by atoms with Crippen LogP contribution >= 0.6 is 0 Å². The Labute approximate surface area is 144 Å². The molecule has 1 saturated heterocycles. The predicted octanol–water partition coefficient (Wildman–Crippen LogP) is 3.48. The molecule has 24 heavy (non-hydrogen) atoms. The maximum Gasteiger partial charge on any atom is 0.223 e. The number of aromatic nitrogens is 2. The van der Waals surface area contributed by atoms with Gasteiger partial charge in [-0.15, -0.1) is 0 Å². The summed E-state index contributed by atoms with van der Waals surface area (Å²) in [4.78, 5) is 15.4. The van der Waals surface area contributed by atoms with Gasteiger partial charge in [-0.1, -0.05) is 0 Å². The lowest BCUT2D eigenvalue weighted by atomic mass is 9.49. The second-order valence-electron chi connectivity index (χ2n) is 9.21. The van der Waals surface area contributed by atoms with Crippen LogP contribution in [0.25, 0.3) is 0 Å². The van der Waals surface area contributed by atoms with Gasteiger partial charge in [-0.25, -0.2) is 0 Å². The average Bonchev–Trinajstić information content (AvgIpc) is 3.17. The van der Waals surface area contributed by atoms with Crippen LogP contribution in [0.4, 0.5) is 0 Å². The highest BCUT2D eigenvalue weighted by Crippen LogP contribution is 2.61. The van der Waals surface area contributed by atoms with Crippen LogP contribution in [0.3, 0.4) is 0 Å². The van der Waals surface area contributed by atoms with E-state index in [0.29, 0.717) is 17.4 Å². The molecule has 1 aromatic heterocycles. The minimum Gasteiger partial charge on any atom is -0.338 e. The first-order valence-corrected chi connectivity index (χ1v) is 9.96. The molecule has 1 amide bonds.